The first-order valence-electron chi connectivity index (χ1n) is 8.03. The standard InChI is InChI=1S/C19H20N2O/c1-13-9-14-5-2-3-7-18(14)21(12-13)19(22)17-10-16(17)15-6-4-8-20-11-15/h2-8,11,13,16-17H,9-10,12H2,1H3/t13-,16+,17-/m1/s1. The second-order valence-electron chi connectivity index (χ2n) is 6.62. The van der Waals surface area contributed by atoms with E-state index in [2.05, 4.69) is 36.2 Å². The van der Waals surface area contributed by atoms with Crippen LogP contribution in [0.15, 0.2) is 48.8 Å². The summed E-state index contributed by atoms with van der Waals surface area (Å²) in [6.07, 6.45) is 5.70. The van der Waals surface area contributed by atoms with Crippen LogP contribution in [-0.2, 0) is 11.2 Å². The summed E-state index contributed by atoms with van der Waals surface area (Å²) in [7, 11) is 0. The van der Waals surface area contributed by atoms with Gasteiger partial charge in [0.15, 0.2) is 0 Å². The molecule has 0 radical (unpaired) electrons. The first-order chi connectivity index (χ1) is 10.7. The lowest BCUT2D eigenvalue weighted by Gasteiger charge is -2.33. The molecular formula is C19H20N2O. The molecule has 1 saturated carbocycles. The normalized spacial score (nSPS) is 26.4. The summed E-state index contributed by atoms with van der Waals surface area (Å²) in [6, 6.07) is 12.4. The number of nitrogens with zero attached hydrogens (tertiary/aromatic N) is 2. The second kappa shape index (κ2) is 5.24. The van der Waals surface area contributed by atoms with Crippen LogP contribution in [0.3, 0.4) is 0 Å². The van der Waals surface area contributed by atoms with Crippen LogP contribution in [0.25, 0.3) is 0 Å². The Hall–Kier alpha value is -2.16. The molecule has 2 aromatic rings. The number of benzene rings is 1. The van der Waals surface area contributed by atoms with Crippen molar-refractivity contribution in [3.63, 3.8) is 0 Å². The molecule has 0 N–H and O–H groups in total. The van der Waals surface area contributed by atoms with E-state index in [1.165, 1.54) is 11.1 Å². The second-order valence-corrected chi connectivity index (χ2v) is 6.62. The van der Waals surface area contributed by atoms with Gasteiger partial charge in [0.1, 0.15) is 0 Å². The highest BCUT2D eigenvalue weighted by Crippen LogP contribution is 2.49. The summed E-state index contributed by atoms with van der Waals surface area (Å²) in [6.45, 7) is 3.06. The Balaban J connectivity index is 1.57. The molecule has 112 valence electrons. The Bertz CT molecular complexity index is 698. The first kappa shape index (κ1) is 13.5. The molecule has 0 unspecified atom stereocenters. The molecule has 2 aliphatic rings. The van der Waals surface area contributed by atoms with Crippen molar-refractivity contribution in [1.29, 1.82) is 0 Å². The third-order valence-corrected chi connectivity index (χ3v) is 4.83. The van der Waals surface area contributed by atoms with Crippen LogP contribution in [0, 0.1) is 11.8 Å². The highest BCUT2D eigenvalue weighted by atomic mass is 16.2. The van der Waals surface area contributed by atoms with Gasteiger partial charge in [0.05, 0.1) is 0 Å². The summed E-state index contributed by atoms with van der Waals surface area (Å²) in [5.41, 5.74) is 3.61. The molecule has 22 heavy (non-hydrogen) atoms. The molecule has 1 aliphatic carbocycles. The molecule has 3 atom stereocenters. The SMILES string of the molecule is C[C@@H]1Cc2ccccc2N(C(=O)[C@@H]2C[C@H]2c2cccnc2)C1. The van der Waals surface area contributed by atoms with E-state index in [9.17, 15) is 4.79 Å². The lowest BCUT2D eigenvalue weighted by atomic mass is 9.93. The Labute approximate surface area is 131 Å². The fraction of sp³-hybridized carbons (Fsp3) is 0.368. The molecule has 2 heterocycles. The molecule has 1 aliphatic heterocycles. The largest absolute Gasteiger partial charge is 0.312 e. The molecule has 1 amide bonds. The summed E-state index contributed by atoms with van der Waals surface area (Å²) in [5, 5.41) is 0. The third kappa shape index (κ3) is 2.31. The highest BCUT2D eigenvalue weighted by Gasteiger charge is 2.47. The van der Waals surface area contributed by atoms with Crippen LogP contribution in [0.1, 0.15) is 30.4 Å². The molecular weight excluding hydrogens is 272 g/mol. The van der Waals surface area contributed by atoms with Crippen molar-refractivity contribution < 1.29 is 4.79 Å². The van der Waals surface area contributed by atoms with Crippen LogP contribution in [0.4, 0.5) is 5.69 Å². The zero-order valence-corrected chi connectivity index (χ0v) is 12.8. The Kier molecular flexibility index (Phi) is 3.21. The summed E-state index contributed by atoms with van der Waals surface area (Å²) in [5.74, 6) is 1.29. The Morgan fingerprint density at radius 3 is 2.91 bits per heavy atom. The van der Waals surface area contributed by atoms with E-state index in [4.69, 9.17) is 0 Å². The van der Waals surface area contributed by atoms with E-state index >= 15 is 0 Å². The van der Waals surface area contributed by atoms with E-state index in [0.29, 0.717) is 11.8 Å². The van der Waals surface area contributed by atoms with E-state index in [0.717, 1.165) is 25.1 Å². The number of carbonyl (C=O) groups is 1. The Morgan fingerprint density at radius 1 is 1.23 bits per heavy atom. The Morgan fingerprint density at radius 2 is 2.09 bits per heavy atom. The zero-order valence-electron chi connectivity index (χ0n) is 12.8. The monoisotopic (exact) mass is 292 g/mol. The van der Waals surface area contributed by atoms with Crippen LogP contribution in [-0.4, -0.2) is 17.4 Å². The number of fused-ring (bicyclic) bond motifs is 1. The molecule has 1 fully saturated rings. The number of carbonyl (C=O) groups excluding carboxylic acids is 1. The van der Waals surface area contributed by atoms with Crippen molar-refractivity contribution in [1.82, 2.24) is 4.98 Å². The predicted molar refractivity (Wildman–Crippen MR) is 86.7 cm³/mol. The highest BCUT2D eigenvalue weighted by molar-refractivity contribution is 5.98. The van der Waals surface area contributed by atoms with Gasteiger partial charge in [-0.05, 0) is 47.9 Å². The van der Waals surface area contributed by atoms with E-state index in [1.54, 1.807) is 6.20 Å². The van der Waals surface area contributed by atoms with Gasteiger partial charge in [0.2, 0.25) is 5.91 Å². The number of anilines is 1. The summed E-state index contributed by atoms with van der Waals surface area (Å²) < 4.78 is 0. The molecule has 4 rings (SSSR count). The maximum atomic E-state index is 13.0. The topological polar surface area (TPSA) is 33.2 Å². The average Bonchev–Trinajstić information content (AvgIpc) is 3.35. The van der Waals surface area contributed by atoms with Crippen LogP contribution < -0.4 is 4.90 Å². The third-order valence-electron chi connectivity index (χ3n) is 4.83. The number of para-hydroxylation sites is 1. The van der Waals surface area contributed by atoms with Crippen LogP contribution in [0.2, 0.25) is 0 Å². The van der Waals surface area contributed by atoms with E-state index < -0.39 is 0 Å². The minimum Gasteiger partial charge on any atom is -0.312 e. The smallest absolute Gasteiger partial charge is 0.230 e. The number of aromatic nitrogens is 1. The molecule has 0 spiro atoms. The fourth-order valence-corrected chi connectivity index (χ4v) is 3.64. The van der Waals surface area contributed by atoms with Gasteiger partial charge in [0.25, 0.3) is 0 Å². The minimum absolute atomic E-state index is 0.127. The van der Waals surface area contributed by atoms with Crippen LogP contribution >= 0.6 is 0 Å². The van der Waals surface area contributed by atoms with Gasteiger partial charge in [-0.15, -0.1) is 0 Å². The van der Waals surface area contributed by atoms with Crippen molar-refractivity contribution in [2.75, 3.05) is 11.4 Å². The number of amides is 1. The predicted octanol–water partition coefficient (Wildman–Crippen LogP) is 3.41. The quantitative estimate of drug-likeness (QED) is 0.850. The molecule has 3 heteroatoms. The fourth-order valence-electron chi connectivity index (χ4n) is 3.64. The van der Waals surface area contributed by atoms with Crippen molar-refractivity contribution in [2.24, 2.45) is 11.8 Å². The summed E-state index contributed by atoms with van der Waals surface area (Å²) in [4.78, 5) is 19.2. The van der Waals surface area contributed by atoms with Gasteiger partial charge in [0, 0.05) is 30.5 Å². The van der Waals surface area contributed by atoms with E-state index in [-0.39, 0.29) is 11.8 Å². The van der Waals surface area contributed by atoms with Crippen molar-refractivity contribution in [2.45, 2.75) is 25.7 Å². The zero-order chi connectivity index (χ0) is 15.1. The van der Waals surface area contributed by atoms with Gasteiger partial charge < -0.3 is 4.90 Å². The molecule has 1 aromatic heterocycles. The van der Waals surface area contributed by atoms with Gasteiger partial charge in [-0.1, -0.05) is 31.2 Å². The van der Waals surface area contributed by atoms with Crippen molar-refractivity contribution in [3.05, 3.63) is 59.9 Å². The van der Waals surface area contributed by atoms with Crippen LogP contribution in [0.5, 0.6) is 0 Å². The van der Waals surface area contributed by atoms with Gasteiger partial charge >= 0.3 is 0 Å². The lowest BCUT2D eigenvalue weighted by molar-refractivity contribution is -0.120. The molecule has 0 saturated heterocycles. The number of pyridine rings is 1. The molecule has 0 bridgehead atoms. The number of hydrogen-bond donors (Lipinski definition) is 0. The number of hydrogen-bond acceptors (Lipinski definition) is 2. The maximum absolute atomic E-state index is 13.0. The lowest BCUT2D eigenvalue weighted by Crippen LogP contribution is -2.40. The van der Waals surface area contributed by atoms with E-state index in [1.807, 2.05) is 23.2 Å². The average molecular weight is 292 g/mol. The van der Waals surface area contributed by atoms with Gasteiger partial charge in [-0.25, -0.2) is 0 Å². The van der Waals surface area contributed by atoms with Crippen molar-refractivity contribution in [3.8, 4) is 0 Å². The van der Waals surface area contributed by atoms with Gasteiger partial charge in [-0.3, -0.25) is 9.78 Å². The van der Waals surface area contributed by atoms with Gasteiger partial charge in [-0.2, -0.15) is 0 Å². The molecule has 3 nitrogen and oxygen atoms in total. The van der Waals surface area contributed by atoms with Crippen molar-refractivity contribution >= 4 is 11.6 Å². The maximum Gasteiger partial charge on any atom is 0.230 e. The summed E-state index contributed by atoms with van der Waals surface area (Å²) >= 11 is 0. The first-order valence-corrected chi connectivity index (χ1v) is 8.03. The number of rotatable bonds is 2. The molecule has 1 aromatic carbocycles. The minimum atomic E-state index is 0.127.